The summed E-state index contributed by atoms with van der Waals surface area (Å²) in [6.07, 6.45) is -1.53. The monoisotopic (exact) mass is 312 g/mol. The number of carbonyl (C=O) groups is 1. The van der Waals surface area contributed by atoms with Gasteiger partial charge in [-0.1, -0.05) is 26.7 Å². The molecule has 0 rings (SSSR count). The summed E-state index contributed by atoms with van der Waals surface area (Å²) in [4.78, 5) is 12.6. The molecule has 126 valence electrons. The molecule has 0 saturated carbocycles. The topological polar surface area (TPSA) is 52.6 Å². The normalized spacial score (nSPS) is 13.8. The number of hydrogen-bond acceptors (Lipinski definition) is 3. The molecule has 0 saturated heterocycles. The predicted octanol–water partition coefficient (Wildman–Crippen LogP) is 2.17. The molecular formula is C14H27F3N2O2. The summed E-state index contributed by atoms with van der Waals surface area (Å²) in [5.41, 5.74) is 0. The van der Waals surface area contributed by atoms with Crippen molar-refractivity contribution in [3.8, 4) is 0 Å². The molecule has 0 aromatic heterocycles. The minimum Gasteiger partial charge on any atom is -0.395 e. The third-order valence-corrected chi connectivity index (χ3v) is 3.01. The van der Waals surface area contributed by atoms with Crippen molar-refractivity contribution in [1.29, 1.82) is 0 Å². The van der Waals surface area contributed by atoms with Crippen molar-refractivity contribution in [1.82, 2.24) is 10.2 Å². The summed E-state index contributed by atoms with van der Waals surface area (Å²) >= 11 is 0. The van der Waals surface area contributed by atoms with Crippen LogP contribution in [0.15, 0.2) is 0 Å². The summed E-state index contributed by atoms with van der Waals surface area (Å²) in [6.45, 7) is 3.96. The molecule has 1 amide bonds. The van der Waals surface area contributed by atoms with Crippen molar-refractivity contribution in [2.75, 3.05) is 26.2 Å². The predicted molar refractivity (Wildman–Crippen MR) is 75.9 cm³/mol. The minimum absolute atomic E-state index is 0.0573. The first kappa shape index (κ1) is 20.2. The third kappa shape index (κ3) is 12.6. The first-order chi connectivity index (χ1) is 9.64. The second-order valence-corrected chi connectivity index (χ2v) is 5.84. The number of aliphatic hydroxyl groups is 1. The molecule has 0 bridgehead atoms. The number of nitrogens with one attached hydrogen (secondary N) is 1. The van der Waals surface area contributed by atoms with Gasteiger partial charge in [0.2, 0.25) is 5.91 Å². The third-order valence-electron chi connectivity index (χ3n) is 3.01. The highest BCUT2D eigenvalue weighted by Crippen LogP contribution is 2.16. The summed E-state index contributed by atoms with van der Waals surface area (Å²) < 4.78 is 37.0. The molecule has 1 unspecified atom stereocenters. The molecule has 0 aliphatic heterocycles. The van der Waals surface area contributed by atoms with Crippen LogP contribution in [0, 0.1) is 5.92 Å². The average Bonchev–Trinajstić information content (AvgIpc) is 2.25. The van der Waals surface area contributed by atoms with Crippen LogP contribution in [0.3, 0.4) is 0 Å². The van der Waals surface area contributed by atoms with Gasteiger partial charge < -0.3 is 10.4 Å². The van der Waals surface area contributed by atoms with Crippen LogP contribution in [0.2, 0.25) is 0 Å². The molecule has 0 fully saturated rings. The molecule has 0 spiro atoms. The standard InChI is InChI=1S/C14H27F3N2O2/c1-11(2)5-4-6-12(3)18-13(21)9-19(7-8-20)10-14(15,16)17/h11-12,20H,4-10H2,1-3H3,(H,18,21). The van der Waals surface area contributed by atoms with Crippen molar-refractivity contribution in [3.63, 3.8) is 0 Å². The van der Waals surface area contributed by atoms with E-state index in [9.17, 15) is 18.0 Å². The molecule has 0 aromatic rings. The highest BCUT2D eigenvalue weighted by molar-refractivity contribution is 5.78. The first-order valence-electron chi connectivity index (χ1n) is 7.33. The van der Waals surface area contributed by atoms with Crippen LogP contribution < -0.4 is 5.32 Å². The minimum atomic E-state index is -4.38. The van der Waals surface area contributed by atoms with E-state index in [4.69, 9.17) is 5.11 Å². The number of carbonyl (C=O) groups excluding carboxylic acids is 1. The lowest BCUT2D eigenvalue weighted by Crippen LogP contribution is -2.45. The van der Waals surface area contributed by atoms with Crippen molar-refractivity contribution < 1.29 is 23.1 Å². The zero-order valence-electron chi connectivity index (χ0n) is 13.0. The second kappa shape index (κ2) is 10.00. The van der Waals surface area contributed by atoms with E-state index in [-0.39, 0.29) is 19.1 Å². The number of rotatable bonds is 10. The van der Waals surface area contributed by atoms with E-state index < -0.39 is 25.2 Å². The molecule has 0 aromatic carbocycles. The van der Waals surface area contributed by atoms with Gasteiger partial charge in [0, 0.05) is 12.6 Å². The number of halogens is 3. The maximum absolute atomic E-state index is 12.3. The summed E-state index contributed by atoms with van der Waals surface area (Å²) in [7, 11) is 0. The Bertz CT molecular complexity index is 296. The molecule has 2 N–H and O–H groups in total. The van der Waals surface area contributed by atoms with E-state index >= 15 is 0 Å². The van der Waals surface area contributed by atoms with E-state index in [0.29, 0.717) is 5.92 Å². The Morgan fingerprint density at radius 1 is 1.24 bits per heavy atom. The fourth-order valence-electron chi connectivity index (χ4n) is 2.04. The Hall–Kier alpha value is -0.820. The van der Waals surface area contributed by atoms with Gasteiger partial charge in [0.1, 0.15) is 0 Å². The zero-order valence-corrected chi connectivity index (χ0v) is 13.0. The van der Waals surface area contributed by atoms with Gasteiger partial charge in [0.25, 0.3) is 0 Å². The van der Waals surface area contributed by atoms with E-state index in [1.807, 2.05) is 6.92 Å². The fraction of sp³-hybridized carbons (Fsp3) is 0.929. The Balaban J connectivity index is 4.12. The molecule has 1 atom stereocenters. The molecule has 0 aliphatic carbocycles. The SMILES string of the molecule is CC(C)CCCC(C)NC(=O)CN(CCO)CC(F)(F)F. The molecule has 4 nitrogen and oxygen atoms in total. The second-order valence-electron chi connectivity index (χ2n) is 5.84. The van der Waals surface area contributed by atoms with Gasteiger partial charge in [-0.25, -0.2) is 0 Å². The van der Waals surface area contributed by atoms with Crippen LogP contribution in [0.4, 0.5) is 13.2 Å². The van der Waals surface area contributed by atoms with Crippen molar-refractivity contribution in [2.24, 2.45) is 5.92 Å². The van der Waals surface area contributed by atoms with Crippen molar-refractivity contribution >= 4 is 5.91 Å². The maximum atomic E-state index is 12.3. The molecule has 0 radical (unpaired) electrons. The number of aliphatic hydroxyl groups excluding tert-OH is 1. The number of nitrogens with zero attached hydrogens (tertiary/aromatic N) is 1. The number of amides is 1. The van der Waals surface area contributed by atoms with E-state index in [2.05, 4.69) is 19.2 Å². The van der Waals surface area contributed by atoms with Gasteiger partial charge in [-0.3, -0.25) is 9.69 Å². The van der Waals surface area contributed by atoms with E-state index in [1.165, 1.54) is 0 Å². The Labute approximate surface area is 124 Å². The van der Waals surface area contributed by atoms with E-state index in [1.54, 1.807) is 0 Å². The summed E-state index contributed by atoms with van der Waals surface area (Å²) in [6, 6.07) is -0.0573. The molecular weight excluding hydrogens is 285 g/mol. The lowest BCUT2D eigenvalue weighted by atomic mass is 10.0. The quantitative estimate of drug-likeness (QED) is 0.650. The largest absolute Gasteiger partial charge is 0.401 e. The smallest absolute Gasteiger partial charge is 0.395 e. The Kier molecular flexibility index (Phi) is 9.61. The zero-order chi connectivity index (χ0) is 16.5. The van der Waals surface area contributed by atoms with Gasteiger partial charge >= 0.3 is 6.18 Å². The first-order valence-corrected chi connectivity index (χ1v) is 7.33. The summed E-state index contributed by atoms with van der Waals surface area (Å²) in [5.74, 6) is 0.157. The van der Waals surface area contributed by atoms with Crippen molar-refractivity contribution in [3.05, 3.63) is 0 Å². The van der Waals surface area contributed by atoms with Gasteiger partial charge in [-0.05, 0) is 19.3 Å². The van der Waals surface area contributed by atoms with Gasteiger partial charge in [-0.2, -0.15) is 13.2 Å². The van der Waals surface area contributed by atoms with Crippen LogP contribution in [0.5, 0.6) is 0 Å². The summed E-state index contributed by atoms with van der Waals surface area (Å²) in [5, 5.41) is 11.5. The van der Waals surface area contributed by atoms with Gasteiger partial charge in [0.15, 0.2) is 0 Å². The Morgan fingerprint density at radius 3 is 2.33 bits per heavy atom. The fourth-order valence-corrected chi connectivity index (χ4v) is 2.04. The van der Waals surface area contributed by atoms with Crippen LogP contribution in [0.25, 0.3) is 0 Å². The van der Waals surface area contributed by atoms with Gasteiger partial charge in [0.05, 0.1) is 19.7 Å². The highest BCUT2D eigenvalue weighted by Gasteiger charge is 2.31. The van der Waals surface area contributed by atoms with Crippen LogP contribution in [-0.2, 0) is 4.79 Å². The lowest BCUT2D eigenvalue weighted by molar-refractivity contribution is -0.149. The molecule has 7 heteroatoms. The molecule has 21 heavy (non-hydrogen) atoms. The van der Waals surface area contributed by atoms with Crippen molar-refractivity contribution in [2.45, 2.75) is 52.3 Å². The highest BCUT2D eigenvalue weighted by atomic mass is 19.4. The van der Waals surface area contributed by atoms with Gasteiger partial charge in [-0.15, -0.1) is 0 Å². The number of alkyl halides is 3. The molecule has 0 aliphatic rings. The van der Waals surface area contributed by atoms with E-state index in [0.717, 1.165) is 24.2 Å². The van der Waals surface area contributed by atoms with Crippen LogP contribution in [0.1, 0.15) is 40.0 Å². The Morgan fingerprint density at radius 2 is 1.86 bits per heavy atom. The number of hydrogen-bond donors (Lipinski definition) is 2. The van der Waals surface area contributed by atoms with Crippen LogP contribution in [-0.4, -0.2) is 54.4 Å². The molecule has 0 heterocycles. The lowest BCUT2D eigenvalue weighted by Gasteiger charge is -2.23. The maximum Gasteiger partial charge on any atom is 0.401 e. The average molecular weight is 312 g/mol. The van der Waals surface area contributed by atoms with Crippen LogP contribution >= 0.6 is 0 Å².